The molecule has 0 bridgehead atoms. The molecule has 3 nitrogen and oxygen atoms in total. The van der Waals surface area contributed by atoms with Gasteiger partial charge in [-0.1, -0.05) is 0 Å². The van der Waals surface area contributed by atoms with E-state index in [0.29, 0.717) is 0 Å². The summed E-state index contributed by atoms with van der Waals surface area (Å²) in [5, 5.41) is 0. The van der Waals surface area contributed by atoms with Gasteiger partial charge in [0.05, 0.1) is 5.69 Å². The Labute approximate surface area is 125 Å². The van der Waals surface area contributed by atoms with Crippen LogP contribution in [0.25, 0.3) is 0 Å². The summed E-state index contributed by atoms with van der Waals surface area (Å²) in [7, 11) is 4.37. The van der Waals surface area contributed by atoms with Crippen LogP contribution >= 0.6 is 15.9 Å². The Bertz CT molecular complexity index is 422. The molecule has 0 radical (unpaired) electrons. The quantitative estimate of drug-likeness (QED) is 0.846. The van der Waals surface area contributed by atoms with Crippen LogP contribution in [0.15, 0.2) is 16.6 Å². The van der Waals surface area contributed by atoms with Crippen LogP contribution in [-0.2, 0) is 0 Å². The van der Waals surface area contributed by atoms with Crippen molar-refractivity contribution in [1.82, 2.24) is 9.88 Å². The fourth-order valence-electron chi connectivity index (χ4n) is 2.74. The summed E-state index contributed by atoms with van der Waals surface area (Å²) in [4.78, 5) is 9.35. The van der Waals surface area contributed by atoms with E-state index in [4.69, 9.17) is 0 Å². The average molecular weight is 326 g/mol. The van der Waals surface area contributed by atoms with Crippen molar-refractivity contribution in [2.24, 2.45) is 5.92 Å². The SMILES string of the molecule is Cc1nc(N(C)CCC2CCCN(C)C2)ccc1Br. The smallest absolute Gasteiger partial charge is 0.128 e. The first-order chi connectivity index (χ1) is 9.06. The summed E-state index contributed by atoms with van der Waals surface area (Å²) < 4.78 is 1.08. The van der Waals surface area contributed by atoms with E-state index in [2.05, 4.69) is 56.9 Å². The Kier molecular flexibility index (Phi) is 5.22. The topological polar surface area (TPSA) is 19.4 Å². The summed E-state index contributed by atoms with van der Waals surface area (Å²) in [5.41, 5.74) is 1.06. The molecule has 19 heavy (non-hydrogen) atoms. The monoisotopic (exact) mass is 325 g/mol. The minimum absolute atomic E-state index is 0.845. The van der Waals surface area contributed by atoms with Gasteiger partial charge in [-0.25, -0.2) is 4.98 Å². The molecule has 0 amide bonds. The van der Waals surface area contributed by atoms with Gasteiger partial charge in [0.1, 0.15) is 5.82 Å². The lowest BCUT2D eigenvalue weighted by molar-refractivity contribution is 0.203. The molecular weight excluding hydrogens is 302 g/mol. The van der Waals surface area contributed by atoms with Gasteiger partial charge >= 0.3 is 0 Å². The van der Waals surface area contributed by atoms with Crippen molar-refractivity contribution >= 4 is 21.7 Å². The second-order valence-corrected chi connectivity index (χ2v) is 6.57. The van der Waals surface area contributed by atoms with Crippen molar-refractivity contribution in [3.63, 3.8) is 0 Å². The highest BCUT2D eigenvalue weighted by Crippen LogP contribution is 2.21. The van der Waals surface area contributed by atoms with E-state index in [1.165, 1.54) is 32.4 Å². The van der Waals surface area contributed by atoms with Crippen LogP contribution < -0.4 is 4.90 Å². The van der Waals surface area contributed by atoms with E-state index >= 15 is 0 Å². The van der Waals surface area contributed by atoms with Crippen LogP contribution in [0.3, 0.4) is 0 Å². The first kappa shape index (κ1) is 14.8. The Morgan fingerprint density at radius 2 is 2.26 bits per heavy atom. The second-order valence-electron chi connectivity index (χ2n) is 5.72. The number of hydrogen-bond acceptors (Lipinski definition) is 3. The highest BCUT2D eigenvalue weighted by atomic mass is 79.9. The summed E-state index contributed by atoms with van der Waals surface area (Å²) >= 11 is 3.50. The summed E-state index contributed by atoms with van der Waals surface area (Å²) in [5.74, 6) is 1.92. The van der Waals surface area contributed by atoms with Crippen molar-refractivity contribution < 1.29 is 0 Å². The van der Waals surface area contributed by atoms with Crippen LogP contribution in [0.2, 0.25) is 0 Å². The van der Waals surface area contributed by atoms with Crippen molar-refractivity contribution in [2.75, 3.05) is 38.6 Å². The van der Waals surface area contributed by atoms with E-state index in [9.17, 15) is 0 Å². The zero-order valence-electron chi connectivity index (χ0n) is 12.2. The fourth-order valence-corrected chi connectivity index (χ4v) is 2.96. The van der Waals surface area contributed by atoms with Gasteiger partial charge in [-0.3, -0.25) is 0 Å². The van der Waals surface area contributed by atoms with Gasteiger partial charge in [0, 0.05) is 24.6 Å². The number of likely N-dealkylation sites (tertiary alicyclic amines) is 1. The number of piperidine rings is 1. The first-order valence-corrected chi connectivity index (χ1v) is 7.88. The molecule has 1 aromatic rings. The van der Waals surface area contributed by atoms with Gasteiger partial charge in [0.15, 0.2) is 0 Å². The third-order valence-electron chi connectivity index (χ3n) is 3.99. The fraction of sp³-hybridized carbons (Fsp3) is 0.667. The molecule has 0 spiro atoms. The minimum Gasteiger partial charge on any atom is -0.360 e. The molecule has 0 N–H and O–H groups in total. The van der Waals surface area contributed by atoms with E-state index in [1.54, 1.807) is 0 Å². The maximum absolute atomic E-state index is 4.62. The van der Waals surface area contributed by atoms with E-state index in [1.807, 2.05) is 6.92 Å². The molecule has 1 saturated heterocycles. The molecule has 1 atom stereocenters. The van der Waals surface area contributed by atoms with Crippen molar-refractivity contribution in [3.8, 4) is 0 Å². The number of halogens is 1. The van der Waals surface area contributed by atoms with Crippen LogP contribution in [0, 0.1) is 12.8 Å². The average Bonchev–Trinajstić information content (AvgIpc) is 2.39. The first-order valence-electron chi connectivity index (χ1n) is 7.09. The molecule has 1 aliphatic rings. The Morgan fingerprint density at radius 1 is 1.47 bits per heavy atom. The third kappa shape index (κ3) is 4.18. The van der Waals surface area contributed by atoms with Crippen molar-refractivity contribution in [2.45, 2.75) is 26.2 Å². The van der Waals surface area contributed by atoms with Crippen LogP contribution in [-0.4, -0.2) is 43.6 Å². The lowest BCUT2D eigenvalue weighted by Gasteiger charge is -2.31. The van der Waals surface area contributed by atoms with Gasteiger partial charge in [0.2, 0.25) is 0 Å². The van der Waals surface area contributed by atoms with Crippen molar-refractivity contribution in [1.29, 1.82) is 0 Å². The zero-order chi connectivity index (χ0) is 13.8. The molecule has 106 valence electrons. The standard InChI is InChI=1S/C15H24BrN3/c1-12-14(16)6-7-15(17-12)19(3)10-8-13-5-4-9-18(2)11-13/h6-7,13H,4-5,8-11H2,1-3H3. The number of aromatic nitrogens is 1. The molecular formula is C15H24BrN3. The molecule has 1 fully saturated rings. The van der Waals surface area contributed by atoms with E-state index in [-0.39, 0.29) is 0 Å². The minimum atomic E-state index is 0.845. The number of pyridine rings is 1. The predicted molar refractivity (Wildman–Crippen MR) is 84.8 cm³/mol. The third-order valence-corrected chi connectivity index (χ3v) is 4.83. The lowest BCUT2D eigenvalue weighted by atomic mass is 9.95. The highest BCUT2D eigenvalue weighted by Gasteiger charge is 2.17. The largest absolute Gasteiger partial charge is 0.360 e. The van der Waals surface area contributed by atoms with Gasteiger partial charge < -0.3 is 9.80 Å². The molecule has 1 aromatic heterocycles. The lowest BCUT2D eigenvalue weighted by Crippen LogP contribution is -2.34. The molecule has 1 unspecified atom stereocenters. The Balaban J connectivity index is 1.86. The van der Waals surface area contributed by atoms with Crippen LogP contribution in [0.4, 0.5) is 5.82 Å². The number of anilines is 1. The molecule has 0 aromatic carbocycles. The number of nitrogens with zero attached hydrogens (tertiary/aromatic N) is 3. The second kappa shape index (κ2) is 6.71. The van der Waals surface area contributed by atoms with E-state index < -0.39 is 0 Å². The van der Waals surface area contributed by atoms with Gasteiger partial charge in [-0.05, 0) is 73.8 Å². The maximum atomic E-state index is 4.62. The van der Waals surface area contributed by atoms with Crippen LogP contribution in [0.1, 0.15) is 25.0 Å². The van der Waals surface area contributed by atoms with Crippen molar-refractivity contribution in [3.05, 3.63) is 22.3 Å². The predicted octanol–water partition coefficient (Wildman–Crippen LogP) is 3.32. The van der Waals surface area contributed by atoms with E-state index in [0.717, 1.165) is 28.4 Å². The molecule has 0 saturated carbocycles. The number of hydrogen-bond donors (Lipinski definition) is 0. The Morgan fingerprint density at radius 3 is 2.95 bits per heavy atom. The molecule has 1 aliphatic heterocycles. The normalized spacial score (nSPS) is 20.5. The van der Waals surface area contributed by atoms with Gasteiger partial charge in [0.25, 0.3) is 0 Å². The zero-order valence-corrected chi connectivity index (χ0v) is 13.8. The summed E-state index contributed by atoms with van der Waals surface area (Å²) in [6.07, 6.45) is 3.99. The Hall–Kier alpha value is -0.610. The summed E-state index contributed by atoms with van der Waals surface area (Å²) in [6.45, 7) is 5.64. The molecule has 0 aliphatic carbocycles. The summed E-state index contributed by atoms with van der Waals surface area (Å²) in [6, 6.07) is 4.17. The highest BCUT2D eigenvalue weighted by molar-refractivity contribution is 9.10. The number of aryl methyl sites for hydroxylation is 1. The van der Waals surface area contributed by atoms with Crippen LogP contribution in [0.5, 0.6) is 0 Å². The maximum Gasteiger partial charge on any atom is 0.128 e. The molecule has 2 heterocycles. The van der Waals surface area contributed by atoms with Gasteiger partial charge in [-0.15, -0.1) is 0 Å². The van der Waals surface area contributed by atoms with Gasteiger partial charge in [-0.2, -0.15) is 0 Å². The number of rotatable bonds is 4. The molecule has 4 heteroatoms. The molecule has 2 rings (SSSR count).